The number of morpholine rings is 1. The Morgan fingerprint density at radius 3 is 2.91 bits per heavy atom. The molecule has 1 aromatic carbocycles. The molecule has 35 heavy (non-hydrogen) atoms. The van der Waals surface area contributed by atoms with Crippen LogP contribution >= 0.6 is 23.1 Å². The number of aromatic nitrogens is 2. The number of hydrogen-bond donors (Lipinski definition) is 2. The van der Waals surface area contributed by atoms with Crippen LogP contribution in [0.5, 0.6) is 0 Å². The second-order valence-electron chi connectivity index (χ2n) is 8.40. The first-order valence-corrected chi connectivity index (χ1v) is 12.4. The molecule has 3 aromatic rings. The van der Waals surface area contributed by atoms with E-state index in [-0.39, 0.29) is 58.9 Å². The molecule has 0 unspecified atom stereocenters. The van der Waals surface area contributed by atoms with E-state index in [9.17, 15) is 22.4 Å². The average Bonchev–Trinajstić information content (AvgIpc) is 3.41. The normalized spacial score (nSPS) is 24.0. The summed E-state index contributed by atoms with van der Waals surface area (Å²) in [5.41, 5.74) is -4.00. The highest BCUT2D eigenvalue weighted by molar-refractivity contribution is 8.00. The maximum Gasteiger partial charge on any atom is 0.446 e. The monoisotopic (exact) mass is 531 g/mol. The number of nitrogens with one attached hydrogen (secondary N) is 2. The van der Waals surface area contributed by atoms with E-state index in [1.54, 1.807) is 18.2 Å². The average molecular weight is 532 g/mol. The molecule has 0 bridgehead atoms. The molecule has 0 radical (unpaired) electrons. The third-order valence-electron chi connectivity index (χ3n) is 5.77. The number of thioether (sulfide) groups is 1. The standard InChI is InChI=1S/C21H21F4N5O3S2/c1-30-6-5-12(11(22)7-30)26-13-4-2-3-10-16(13)34-18(17(10)35-21(23,24)25)19-28-20(33-29-19)14-8-32-9-15(31)27-14/h2-4,11-12,14,26H,5-9H2,1H3,(H,27,31)/t11-,12+,14+/m0/s1. The number of likely N-dealkylation sites (tertiary alicyclic amines) is 1. The summed E-state index contributed by atoms with van der Waals surface area (Å²) in [6.45, 7) is 1.02. The Bertz CT molecular complexity index is 1230. The lowest BCUT2D eigenvalue weighted by Crippen LogP contribution is -2.46. The first-order valence-electron chi connectivity index (χ1n) is 10.8. The van der Waals surface area contributed by atoms with Gasteiger partial charge in [-0.25, -0.2) is 4.39 Å². The smallest absolute Gasteiger partial charge is 0.378 e. The molecule has 8 nitrogen and oxygen atoms in total. The van der Waals surface area contributed by atoms with Crippen molar-refractivity contribution in [3.63, 3.8) is 0 Å². The summed E-state index contributed by atoms with van der Waals surface area (Å²) >= 11 is 0.820. The van der Waals surface area contributed by atoms with Gasteiger partial charge in [0.2, 0.25) is 11.7 Å². The quantitative estimate of drug-likeness (QED) is 0.374. The van der Waals surface area contributed by atoms with Gasteiger partial charge in [0.1, 0.15) is 18.8 Å². The van der Waals surface area contributed by atoms with Crippen LogP contribution in [0, 0.1) is 0 Å². The number of ether oxygens (including phenoxy) is 1. The second-order valence-corrected chi connectivity index (χ2v) is 10.5. The highest BCUT2D eigenvalue weighted by Gasteiger charge is 2.35. The number of alkyl halides is 4. The number of carbonyl (C=O) groups is 1. The Labute approximate surface area is 205 Å². The van der Waals surface area contributed by atoms with Crippen molar-refractivity contribution >= 4 is 44.8 Å². The molecule has 3 atom stereocenters. The van der Waals surface area contributed by atoms with Crippen molar-refractivity contribution in [2.45, 2.75) is 35.1 Å². The molecule has 2 N–H and O–H groups in total. The van der Waals surface area contributed by atoms with Crippen molar-refractivity contribution in [1.29, 1.82) is 0 Å². The molecular weight excluding hydrogens is 510 g/mol. The minimum absolute atomic E-state index is 0.0265. The summed E-state index contributed by atoms with van der Waals surface area (Å²) < 4.78 is 66.1. The van der Waals surface area contributed by atoms with Crippen LogP contribution in [0.3, 0.4) is 0 Å². The lowest BCUT2D eigenvalue weighted by atomic mass is 10.0. The fourth-order valence-electron chi connectivity index (χ4n) is 4.14. The van der Waals surface area contributed by atoms with E-state index in [1.165, 1.54) is 0 Å². The molecular formula is C21H21F4N5O3S2. The van der Waals surface area contributed by atoms with E-state index in [0.29, 0.717) is 28.7 Å². The largest absolute Gasteiger partial charge is 0.446 e. The van der Waals surface area contributed by atoms with E-state index in [0.717, 1.165) is 11.3 Å². The van der Waals surface area contributed by atoms with Gasteiger partial charge in [-0.05, 0) is 31.3 Å². The molecule has 5 rings (SSSR count). The Balaban J connectivity index is 1.53. The number of fused-ring (bicyclic) bond motifs is 1. The maximum atomic E-state index is 14.6. The van der Waals surface area contributed by atoms with Gasteiger partial charge in [0.25, 0.3) is 5.89 Å². The van der Waals surface area contributed by atoms with Crippen molar-refractivity contribution < 1.29 is 31.6 Å². The molecule has 1 amide bonds. The molecule has 2 fully saturated rings. The molecule has 188 valence electrons. The highest BCUT2D eigenvalue weighted by atomic mass is 32.2. The van der Waals surface area contributed by atoms with E-state index >= 15 is 0 Å². The molecule has 0 saturated carbocycles. The minimum atomic E-state index is -4.55. The number of anilines is 1. The summed E-state index contributed by atoms with van der Waals surface area (Å²) in [5.74, 6) is -0.341. The van der Waals surface area contributed by atoms with Crippen LogP contribution in [0.4, 0.5) is 23.2 Å². The molecule has 14 heteroatoms. The van der Waals surface area contributed by atoms with Crippen LogP contribution in [-0.2, 0) is 9.53 Å². The van der Waals surface area contributed by atoms with Crippen molar-refractivity contribution in [1.82, 2.24) is 20.4 Å². The number of amides is 1. The van der Waals surface area contributed by atoms with Gasteiger partial charge in [-0.1, -0.05) is 17.3 Å². The molecule has 0 aliphatic carbocycles. The fourth-order valence-corrected chi connectivity index (χ4v) is 6.25. The van der Waals surface area contributed by atoms with Crippen molar-refractivity contribution in [3.8, 4) is 10.7 Å². The molecule has 4 heterocycles. The summed E-state index contributed by atoms with van der Waals surface area (Å²) in [7, 11) is 1.85. The predicted molar refractivity (Wildman–Crippen MR) is 123 cm³/mol. The highest BCUT2D eigenvalue weighted by Crippen LogP contribution is 2.50. The van der Waals surface area contributed by atoms with Gasteiger partial charge < -0.3 is 24.8 Å². The van der Waals surface area contributed by atoms with Gasteiger partial charge in [0, 0.05) is 23.4 Å². The number of halogens is 4. The van der Waals surface area contributed by atoms with Gasteiger partial charge in [0.05, 0.1) is 27.9 Å². The number of rotatable bonds is 5. The SMILES string of the molecule is CN1CC[C@@H](Nc2cccc3c(SC(F)(F)F)c(-c4noc([C@H]5COCC(=O)N5)n4)sc23)[C@@H](F)C1. The predicted octanol–water partition coefficient (Wildman–Crippen LogP) is 4.20. The first-order chi connectivity index (χ1) is 16.7. The van der Waals surface area contributed by atoms with E-state index < -0.39 is 23.8 Å². The van der Waals surface area contributed by atoms with Gasteiger partial charge in [-0.2, -0.15) is 18.2 Å². The van der Waals surface area contributed by atoms with Crippen molar-refractivity contribution in [3.05, 3.63) is 24.1 Å². The van der Waals surface area contributed by atoms with Gasteiger partial charge in [0.15, 0.2) is 0 Å². The van der Waals surface area contributed by atoms with Crippen molar-refractivity contribution in [2.75, 3.05) is 38.7 Å². The maximum absolute atomic E-state index is 14.6. The summed E-state index contributed by atoms with van der Waals surface area (Å²) in [4.78, 5) is 17.9. The Kier molecular flexibility index (Phi) is 6.63. The van der Waals surface area contributed by atoms with Crippen LogP contribution in [-0.4, -0.2) is 72.0 Å². The number of nitrogens with zero attached hydrogens (tertiary/aromatic N) is 3. The molecule has 2 aliphatic rings. The Morgan fingerprint density at radius 2 is 2.17 bits per heavy atom. The Morgan fingerprint density at radius 1 is 1.34 bits per heavy atom. The summed E-state index contributed by atoms with van der Waals surface area (Å²) in [6, 6.07) is 3.82. The first kappa shape index (κ1) is 24.3. The summed E-state index contributed by atoms with van der Waals surface area (Å²) in [5, 5.41) is 10.1. The number of carbonyl (C=O) groups excluding carboxylic acids is 1. The molecule has 2 saturated heterocycles. The zero-order chi connectivity index (χ0) is 24.7. The van der Waals surface area contributed by atoms with Gasteiger partial charge in [-0.15, -0.1) is 11.3 Å². The lowest BCUT2D eigenvalue weighted by Gasteiger charge is -2.33. The summed E-state index contributed by atoms with van der Waals surface area (Å²) in [6.07, 6.45) is -0.542. The molecule has 2 aromatic heterocycles. The minimum Gasteiger partial charge on any atom is -0.378 e. The van der Waals surface area contributed by atoms with E-state index in [4.69, 9.17) is 9.26 Å². The van der Waals surface area contributed by atoms with Gasteiger partial charge in [-0.3, -0.25) is 4.79 Å². The number of hydrogen-bond acceptors (Lipinski definition) is 9. The van der Waals surface area contributed by atoms with Crippen LogP contribution < -0.4 is 10.6 Å². The number of piperidine rings is 1. The molecule has 0 spiro atoms. The van der Waals surface area contributed by atoms with E-state index in [1.807, 2.05) is 11.9 Å². The van der Waals surface area contributed by atoms with E-state index in [2.05, 4.69) is 20.8 Å². The topological polar surface area (TPSA) is 92.5 Å². The van der Waals surface area contributed by atoms with Crippen LogP contribution in [0.15, 0.2) is 27.6 Å². The van der Waals surface area contributed by atoms with Crippen LogP contribution in [0.2, 0.25) is 0 Å². The second kappa shape index (κ2) is 9.56. The number of thiophene rings is 1. The lowest BCUT2D eigenvalue weighted by molar-refractivity contribution is -0.131. The fraction of sp³-hybridized carbons (Fsp3) is 0.476. The molecule has 2 aliphatic heterocycles. The Hall–Kier alpha value is -2.42. The van der Waals surface area contributed by atoms with Gasteiger partial charge >= 0.3 is 5.51 Å². The third kappa shape index (κ3) is 5.25. The van der Waals surface area contributed by atoms with Crippen LogP contribution in [0.25, 0.3) is 20.8 Å². The zero-order valence-electron chi connectivity index (χ0n) is 18.4. The van der Waals surface area contributed by atoms with Crippen molar-refractivity contribution in [2.24, 2.45) is 0 Å². The third-order valence-corrected chi connectivity index (χ3v) is 7.99. The zero-order valence-corrected chi connectivity index (χ0v) is 20.0. The van der Waals surface area contributed by atoms with Crippen LogP contribution in [0.1, 0.15) is 18.4 Å². The number of benzene rings is 1.